The summed E-state index contributed by atoms with van der Waals surface area (Å²) in [6.07, 6.45) is 3.09. The standard InChI is InChI=1S/C16H19FN4O/c1-20-4-6-21(7-5-20)16-10-14(18)15(9-13(16)17)19-11-12-3-2-8-22-12/h2-3,8-11H,4-7,18H2,1H3. The molecule has 1 aromatic heterocycles. The van der Waals surface area contributed by atoms with Gasteiger partial charge in [0.25, 0.3) is 0 Å². The number of hydrogen-bond donors (Lipinski definition) is 1. The van der Waals surface area contributed by atoms with E-state index in [4.69, 9.17) is 10.2 Å². The maximum absolute atomic E-state index is 14.4. The molecule has 1 aromatic carbocycles. The highest BCUT2D eigenvalue weighted by Gasteiger charge is 2.18. The minimum Gasteiger partial charge on any atom is -0.463 e. The van der Waals surface area contributed by atoms with E-state index in [9.17, 15) is 4.39 Å². The summed E-state index contributed by atoms with van der Waals surface area (Å²) in [4.78, 5) is 8.44. The van der Waals surface area contributed by atoms with E-state index in [0.717, 1.165) is 26.2 Å². The lowest BCUT2D eigenvalue weighted by Crippen LogP contribution is -2.44. The van der Waals surface area contributed by atoms with Crippen molar-refractivity contribution in [3.05, 3.63) is 42.1 Å². The summed E-state index contributed by atoms with van der Waals surface area (Å²) in [5.74, 6) is 0.299. The van der Waals surface area contributed by atoms with Crippen LogP contribution < -0.4 is 10.6 Å². The van der Waals surface area contributed by atoms with Crippen LogP contribution in [0.15, 0.2) is 39.9 Å². The van der Waals surface area contributed by atoms with Crippen LogP contribution in [0.1, 0.15) is 5.76 Å². The van der Waals surface area contributed by atoms with Crippen LogP contribution in [0.4, 0.5) is 21.5 Å². The summed E-state index contributed by atoms with van der Waals surface area (Å²) in [5, 5.41) is 0. The fourth-order valence-electron chi connectivity index (χ4n) is 2.47. The van der Waals surface area contributed by atoms with Gasteiger partial charge in [0.05, 0.1) is 29.5 Å². The van der Waals surface area contributed by atoms with Gasteiger partial charge in [0.2, 0.25) is 0 Å². The first-order valence-electron chi connectivity index (χ1n) is 7.23. The zero-order valence-corrected chi connectivity index (χ0v) is 12.5. The second-order valence-electron chi connectivity index (χ2n) is 5.43. The largest absolute Gasteiger partial charge is 0.463 e. The number of benzene rings is 1. The zero-order valence-electron chi connectivity index (χ0n) is 12.5. The SMILES string of the molecule is CN1CCN(c2cc(N)c(N=Cc3ccco3)cc2F)CC1. The number of halogens is 1. The van der Waals surface area contributed by atoms with E-state index in [1.807, 2.05) is 4.90 Å². The van der Waals surface area contributed by atoms with E-state index in [1.165, 1.54) is 12.3 Å². The molecular weight excluding hydrogens is 283 g/mol. The van der Waals surface area contributed by atoms with Gasteiger partial charge in [-0.25, -0.2) is 4.39 Å². The number of hydrogen-bond acceptors (Lipinski definition) is 5. The van der Waals surface area contributed by atoms with Gasteiger partial charge in [0.15, 0.2) is 0 Å². The van der Waals surface area contributed by atoms with Gasteiger partial charge < -0.3 is 20.0 Å². The van der Waals surface area contributed by atoms with E-state index in [0.29, 0.717) is 22.8 Å². The predicted octanol–water partition coefficient (Wildman–Crippen LogP) is 2.50. The highest BCUT2D eigenvalue weighted by atomic mass is 19.1. The molecule has 1 saturated heterocycles. The second kappa shape index (κ2) is 6.19. The van der Waals surface area contributed by atoms with Crippen molar-refractivity contribution in [3.63, 3.8) is 0 Å². The van der Waals surface area contributed by atoms with Crippen molar-refractivity contribution in [2.75, 3.05) is 43.9 Å². The molecule has 6 heteroatoms. The molecule has 1 aliphatic rings. The maximum Gasteiger partial charge on any atom is 0.148 e. The molecule has 3 rings (SSSR count). The molecule has 2 aromatic rings. The van der Waals surface area contributed by atoms with E-state index >= 15 is 0 Å². The van der Waals surface area contributed by atoms with Crippen LogP contribution in [0.3, 0.4) is 0 Å². The predicted molar refractivity (Wildman–Crippen MR) is 86.5 cm³/mol. The Labute approximate surface area is 128 Å². The number of nitrogens with two attached hydrogens (primary N) is 1. The van der Waals surface area contributed by atoms with Crippen LogP contribution in [0.25, 0.3) is 0 Å². The number of nitrogen functional groups attached to an aromatic ring is 1. The molecule has 0 radical (unpaired) electrons. The van der Waals surface area contributed by atoms with Gasteiger partial charge in [-0.2, -0.15) is 0 Å². The van der Waals surface area contributed by atoms with Crippen LogP contribution in [0.2, 0.25) is 0 Å². The zero-order chi connectivity index (χ0) is 15.5. The number of piperazine rings is 1. The molecule has 0 saturated carbocycles. The molecule has 22 heavy (non-hydrogen) atoms. The topological polar surface area (TPSA) is 58.0 Å². The van der Waals surface area contributed by atoms with Crippen molar-refractivity contribution in [1.29, 1.82) is 0 Å². The Morgan fingerprint density at radius 2 is 2.05 bits per heavy atom. The Bertz CT molecular complexity index is 661. The normalized spacial score (nSPS) is 16.5. The Balaban J connectivity index is 1.82. The molecule has 0 aliphatic carbocycles. The average molecular weight is 302 g/mol. The van der Waals surface area contributed by atoms with Crippen LogP contribution in [-0.4, -0.2) is 44.3 Å². The first-order chi connectivity index (χ1) is 10.6. The first-order valence-corrected chi connectivity index (χ1v) is 7.23. The van der Waals surface area contributed by atoms with Crippen molar-refractivity contribution >= 4 is 23.3 Å². The molecular formula is C16H19FN4O. The molecule has 2 N–H and O–H groups in total. The maximum atomic E-state index is 14.4. The van der Waals surface area contributed by atoms with Crippen LogP contribution in [0, 0.1) is 5.82 Å². The van der Waals surface area contributed by atoms with Crippen molar-refractivity contribution in [1.82, 2.24) is 4.90 Å². The highest BCUT2D eigenvalue weighted by molar-refractivity contribution is 5.82. The lowest BCUT2D eigenvalue weighted by molar-refractivity contribution is 0.312. The number of anilines is 2. The van der Waals surface area contributed by atoms with Gasteiger partial charge in [-0.05, 0) is 25.2 Å². The van der Waals surface area contributed by atoms with Gasteiger partial charge in [-0.3, -0.25) is 4.99 Å². The highest BCUT2D eigenvalue weighted by Crippen LogP contribution is 2.31. The van der Waals surface area contributed by atoms with Crippen molar-refractivity contribution in [2.24, 2.45) is 4.99 Å². The minimum absolute atomic E-state index is 0.301. The number of nitrogens with zero attached hydrogens (tertiary/aromatic N) is 3. The fourth-order valence-corrected chi connectivity index (χ4v) is 2.47. The molecule has 5 nitrogen and oxygen atoms in total. The van der Waals surface area contributed by atoms with E-state index in [2.05, 4.69) is 16.9 Å². The number of rotatable bonds is 3. The molecule has 0 bridgehead atoms. The van der Waals surface area contributed by atoms with Crippen molar-refractivity contribution < 1.29 is 8.81 Å². The van der Waals surface area contributed by atoms with Gasteiger partial charge in [0.1, 0.15) is 11.6 Å². The second-order valence-corrected chi connectivity index (χ2v) is 5.43. The molecule has 2 heterocycles. The summed E-state index contributed by atoms with van der Waals surface area (Å²) >= 11 is 0. The van der Waals surface area contributed by atoms with E-state index in [1.54, 1.807) is 24.5 Å². The lowest BCUT2D eigenvalue weighted by atomic mass is 10.2. The summed E-state index contributed by atoms with van der Waals surface area (Å²) in [5.41, 5.74) is 7.43. The lowest BCUT2D eigenvalue weighted by Gasteiger charge is -2.34. The number of likely N-dealkylation sites (N-methyl/N-ethyl adjacent to an activating group) is 1. The molecule has 0 spiro atoms. The summed E-state index contributed by atoms with van der Waals surface area (Å²) in [6.45, 7) is 3.42. The quantitative estimate of drug-likeness (QED) is 0.699. The van der Waals surface area contributed by atoms with Crippen molar-refractivity contribution in [2.45, 2.75) is 0 Å². The van der Waals surface area contributed by atoms with Gasteiger partial charge >= 0.3 is 0 Å². The summed E-state index contributed by atoms with van der Waals surface area (Å²) < 4.78 is 19.5. The third kappa shape index (κ3) is 3.12. The fraction of sp³-hybridized carbons (Fsp3) is 0.312. The Hall–Kier alpha value is -2.34. The Kier molecular flexibility index (Phi) is 4.11. The average Bonchev–Trinajstić information content (AvgIpc) is 3.02. The van der Waals surface area contributed by atoms with Crippen LogP contribution in [-0.2, 0) is 0 Å². The smallest absolute Gasteiger partial charge is 0.148 e. The monoisotopic (exact) mass is 302 g/mol. The van der Waals surface area contributed by atoms with Crippen molar-refractivity contribution in [3.8, 4) is 0 Å². The minimum atomic E-state index is -0.301. The van der Waals surface area contributed by atoms with Gasteiger partial charge in [-0.1, -0.05) is 0 Å². The number of aliphatic imine (C=N–C) groups is 1. The molecule has 0 atom stereocenters. The third-order valence-corrected chi connectivity index (χ3v) is 3.81. The summed E-state index contributed by atoms with van der Waals surface area (Å²) in [6, 6.07) is 6.58. The van der Waals surface area contributed by atoms with Crippen LogP contribution in [0.5, 0.6) is 0 Å². The Morgan fingerprint density at radius 1 is 1.27 bits per heavy atom. The van der Waals surface area contributed by atoms with Gasteiger partial charge in [-0.15, -0.1) is 0 Å². The molecule has 1 fully saturated rings. The van der Waals surface area contributed by atoms with Crippen LogP contribution >= 0.6 is 0 Å². The van der Waals surface area contributed by atoms with E-state index in [-0.39, 0.29) is 5.82 Å². The molecule has 0 unspecified atom stereocenters. The van der Waals surface area contributed by atoms with E-state index < -0.39 is 0 Å². The van der Waals surface area contributed by atoms with Gasteiger partial charge in [0, 0.05) is 32.2 Å². The summed E-state index contributed by atoms with van der Waals surface area (Å²) in [7, 11) is 2.06. The molecule has 116 valence electrons. The first kappa shape index (κ1) is 14.6. The Morgan fingerprint density at radius 3 is 2.73 bits per heavy atom. The third-order valence-electron chi connectivity index (χ3n) is 3.81. The molecule has 1 aliphatic heterocycles. The molecule has 0 amide bonds. The number of furan rings is 1.